The van der Waals surface area contributed by atoms with E-state index in [2.05, 4.69) is 9.47 Å². The molecule has 0 spiro atoms. The zero-order chi connectivity index (χ0) is 10.7. The third kappa shape index (κ3) is 2.40. The zero-order valence-corrected chi connectivity index (χ0v) is 9.96. The molecule has 1 aliphatic rings. The van der Waals surface area contributed by atoms with Gasteiger partial charge in [0.15, 0.2) is 0 Å². The number of thioether (sulfide) groups is 2. The highest BCUT2D eigenvalue weighted by Crippen LogP contribution is 2.40. The molecule has 0 bridgehead atoms. The highest BCUT2D eigenvalue weighted by molar-refractivity contribution is 8.50. The monoisotopic (exact) mass is 252 g/mol. The van der Waals surface area contributed by atoms with Gasteiger partial charge in [0.2, 0.25) is 0 Å². The van der Waals surface area contributed by atoms with Crippen LogP contribution in [0, 0.1) is 0 Å². The summed E-state index contributed by atoms with van der Waals surface area (Å²) in [6.07, 6.45) is 0. The van der Waals surface area contributed by atoms with Gasteiger partial charge in [0.25, 0.3) is 0 Å². The Hall–Kier alpha value is -0.270. The first-order valence-corrected chi connectivity index (χ1v) is 5.80. The van der Waals surface area contributed by atoms with Crippen molar-refractivity contribution in [1.82, 2.24) is 0 Å². The molecule has 0 N–H and O–H groups in total. The summed E-state index contributed by atoms with van der Waals surface area (Å²) in [5.74, 6) is -0.893. The Bertz CT molecular complexity index is 252. The van der Waals surface area contributed by atoms with E-state index in [4.69, 9.17) is 12.2 Å². The van der Waals surface area contributed by atoms with Crippen molar-refractivity contribution in [3.8, 4) is 0 Å². The summed E-state index contributed by atoms with van der Waals surface area (Å²) in [5.41, 5.74) is 0. The quantitative estimate of drug-likeness (QED) is 0.533. The van der Waals surface area contributed by atoms with Crippen molar-refractivity contribution < 1.29 is 19.1 Å². The molecule has 0 aromatic carbocycles. The average Bonchev–Trinajstić information content (AvgIpc) is 2.58. The van der Waals surface area contributed by atoms with Gasteiger partial charge in [-0.25, -0.2) is 0 Å². The molecule has 0 aromatic rings. The van der Waals surface area contributed by atoms with Crippen LogP contribution in [-0.2, 0) is 19.1 Å². The van der Waals surface area contributed by atoms with Crippen LogP contribution >= 0.6 is 35.7 Å². The van der Waals surface area contributed by atoms with Gasteiger partial charge < -0.3 is 9.47 Å². The second-order valence-corrected chi connectivity index (χ2v) is 5.86. The van der Waals surface area contributed by atoms with E-state index in [1.54, 1.807) is 0 Å². The molecule has 78 valence electrons. The maximum atomic E-state index is 11.3. The van der Waals surface area contributed by atoms with Crippen LogP contribution in [0.2, 0.25) is 0 Å². The van der Waals surface area contributed by atoms with E-state index in [0.717, 1.165) is 0 Å². The first-order valence-electron chi connectivity index (χ1n) is 3.63. The first kappa shape index (κ1) is 11.8. The van der Waals surface area contributed by atoms with Crippen LogP contribution in [0.3, 0.4) is 0 Å². The number of esters is 2. The number of carbonyl (C=O) groups excluding carboxylic acids is 2. The summed E-state index contributed by atoms with van der Waals surface area (Å²) in [7, 11) is 2.56. The molecule has 1 saturated heterocycles. The van der Waals surface area contributed by atoms with Gasteiger partial charge in [-0.1, -0.05) is 35.7 Å². The number of rotatable bonds is 2. The van der Waals surface area contributed by atoms with Crippen molar-refractivity contribution in [3.05, 3.63) is 0 Å². The lowest BCUT2D eigenvalue weighted by Crippen LogP contribution is -2.33. The highest BCUT2D eigenvalue weighted by Gasteiger charge is 2.43. The van der Waals surface area contributed by atoms with Crippen molar-refractivity contribution in [2.24, 2.45) is 0 Å². The molecule has 2 unspecified atom stereocenters. The second kappa shape index (κ2) is 4.99. The molecule has 0 aromatic heterocycles. The normalized spacial score (nSPS) is 26.0. The van der Waals surface area contributed by atoms with Crippen molar-refractivity contribution >= 4 is 51.2 Å². The molecular weight excluding hydrogens is 244 g/mol. The summed E-state index contributed by atoms with van der Waals surface area (Å²) in [4.78, 5) is 22.5. The topological polar surface area (TPSA) is 52.6 Å². The van der Waals surface area contributed by atoms with Crippen molar-refractivity contribution in [2.75, 3.05) is 14.2 Å². The standard InChI is InChI=1S/C7H8O4S3/c1-10-5(8)3-4(6(9)11-2)14-7(12)13-3/h3-4H,1-2H3. The summed E-state index contributed by atoms with van der Waals surface area (Å²) < 4.78 is 9.70. The van der Waals surface area contributed by atoms with Crippen LogP contribution < -0.4 is 0 Å². The van der Waals surface area contributed by atoms with E-state index in [-0.39, 0.29) is 0 Å². The summed E-state index contributed by atoms with van der Waals surface area (Å²) in [5, 5.41) is -1.16. The maximum Gasteiger partial charge on any atom is 0.320 e. The molecule has 0 saturated carbocycles. The molecule has 7 heteroatoms. The third-order valence-corrected chi connectivity index (χ3v) is 4.74. The number of hydrogen-bond acceptors (Lipinski definition) is 7. The minimum atomic E-state index is -0.579. The first-order chi connectivity index (χ1) is 6.60. The minimum absolute atomic E-state index is 0.447. The predicted molar refractivity (Wildman–Crippen MR) is 59.4 cm³/mol. The van der Waals surface area contributed by atoms with E-state index in [9.17, 15) is 9.59 Å². The molecule has 1 aliphatic heterocycles. The number of carbonyl (C=O) groups is 2. The summed E-state index contributed by atoms with van der Waals surface area (Å²) in [6, 6.07) is 0. The highest BCUT2D eigenvalue weighted by atomic mass is 32.2. The van der Waals surface area contributed by atoms with Crippen LogP contribution in [0.25, 0.3) is 0 Å². The Kier molecular flexibility index (Phi) is 4.21. The van der Waals surface area contributed by atoms with E-state index >= 15 is 0 Å². The summed E-state index contributed by atoms with van der Waals surface area (Å²) in [6.45, 7) is 0. The molecule has 0 amide bonds. The Labute approximate surface area is 95.1 Å². The second-order valence-electron chi connectivity index (χ2n) is 2.37. The van der Waals surface area contributed by atoms with E-state index < -0.39 is 22.4 Å². The van der Waals surface area contributed by atoms with Crippen LogP contribution in [0.1, 0.15) is 0 Å². The van der Waals surface area contributed by atoms with E-state index in [0.29, 0.717) is 3.53 Å². The van der Waals surface area contributed by atoms with Gasteiger partial charge in [0.05, 0.1) is 14.2 Å². The van der Waals surface area contributed by atoms with Gasteiger partial charge in [0, 0.05) is 0 Å². The molecule has 2 atom stereocenters. The lowest BCUT2D eigenvalue weighted by molar-refractivity contribution is -0.145. The van der Waals surface area contributed by atoms with Crippen molar-refractivity contribution in [1.29, 1.82) is 0 Å². The number of hydrogen-bond donors (Lipinski definition) is 0. The Balaban J connectivity index is 2.77. The predicted octanol–water partition coefficient (Wildman–Crippen LogP) is 0.834. The van der Waals surface area contributed by atoms with Crippen molar-refractivity contribution in [3.63, 3.8) is 0 Å². The van der Waals surface area contributed by atoms with Gasteiger partial charge in [0.1, 0.15) is 14.0 Å². The smallest absolute Gasteiger partial charge is 0.320 e. The number of methoxy groups -OCH3 is 2. The molecule has 1 heterocycles. The van der Waals surface area contributed by atoms with Gasteiger partial charge in [-0.3, -0.25) is 9.59 Å². The molecule has 0 radical (unpaired) electrons. The molecule has 0 aliphatic carbocycles. The van der Waals surface area contributed by atoms with Crippen molar-refractivity contribution in [2.45, 2.75) is 10.5 Å². The zero-order valence-electron chi connectivity index (χ0n) is 7.51. The van der Waals surface area contributed by atoms with E-state index in [1.165, 1.54) is 37.7 Å². The number of thiocarbonyl (C=S) groups is 1. The molecule has 1 rings (SSSR count). The Morgan fingerprint density at radius 1 is 1.14 bits per heavy atom. The molecule has 4 nitrogen and oxygen atoms in total. The maximum absolute atomic E-state index is 11.3. The molecule has 14 heavy (non-hydrogen) atoms. The fourth-order valence-corrected chi connectivity index (χ4v) is 4.00. The van der Waals surface area contributed by atoms with E-state index in [1.807, 2.05) is 0 Å². The van der Waals surface area contributed by atoms with Gasteiger partial charge in [-0.05, 0) is 0 Å². The SMILES string of the molecule is COC(=O)C1SC(=S)SC1C(=O)OC. The minimum Gasteiger partial charge on any atom is -0.468 e. The Morgan fingerprint density at radius 2 is 1.50 bits per heavy atom. The fraction of sp³-hybridized carbons (Fsp3) is 0.571. The van der Waals surface area contributed by atoms with Crippen LogP contribution in [0.15, 0.2) is 0 Å². The van der Waals surface area contributed by atoms with Crippen LogP contribution in [-0.4, -0.2) is 40.2 Å². The third-order valence-electron chi connectivity index (χ3n) is 1.59. The Morgan fingerprint density at radius 3 is 1.79 bits per heavy atom. The van der Waals surface area contributed by atoms with Crippen LogP contribution in [0.5, 0.6) is 0 Å². The number of ether oxygens (including phenoxy) is 2. The van der Waals surface area contributed by atoms with Gasteiger partial charge in [-0.15, -0.1) is 0 Å². The fourth-order valence-electron chi connectivity index (χ4n) is 0.934. The summed E-state index contributed by atoms with van der Waals surface area (Å²) >= 11 is 7.26. The molecule has 1 fully saturated rings. The lowest BCUT2D eigenvalue weighted by atomic mass is 10.3. The average molecular weight is 252 g/mol. The van der Waals surface area contributed by atoms with Gasteiger partial charge in [-0.2, -0.15) is 0 Å². The van der Waals surface area contributed by atoms with Crippen LogP contribution in [0.4, 0.5) is 0 Å². The molecular formula is C7H8O4S3. The van der Waals surface area contributed by atoms with Gasteiger partial charge >= 0.3 is 11.9 Å². The largest absolute Gasteiger partial charge is 0.468 e. The lowest BCUT2D eigenvalue weighted by Gasteiger charge is -2.11.